The minimum Gasteiger partial charge on any atom is -0.335 e. The molecule has 0 aromatic carbocycles. The van der Waals surface area contributed by atoms with Crippen LogP contribution < -0.4 is 0 Å². The highest BCUT2D eigenvalue weighted by atomic mass is 32.2. The van der Waals surface area contributed by atoms with E-state index in [0.717, 1.165) is 6.54 Å². The fourth-order valence-electron chi connectivity index (χ4n) is 2.41. The summed E-state index contributed by atoms with van der Waals surface area (Å²) in [5.74, 6) is 2.66. The van der Waals surface area contributed by atoms with Crippen LogP contribution in [0.15, 0.2) is 18.7 Å². The molecule has 0 amide bonds. The third-order valence-electron chi connectivity index (χ3n) is 3.41. The van der Waals surface area contributed by atoms with Crippen LogP contribution in [0.25, 0.3) is 0 Å². The maximum atomic E-state index is 4.17. The van der Waals surface area contributed by atoms with Crippen molar-refractivity contribution in [3.63, 3.8) is 0 Å². The predicted octanol–water partition coefficient (Wildman–Crippen LogP) is 4.42. The SMILES string of the molecule is CCCCCCC1(Cn2ccnc2)SCCCS1. The molecule has 0 N–H and O–H groups in total. The first kappa shape index (κ1) is 14.3. The van der Waals surface area contributed by atoms with Gasteiger partial charge < -0.3 is 4.57 Å². The Hall–Kier alpha value is -0.0900. The molecule has 0 aliphatic carbocycles. The van der Waals surface area contributed by atoms with E-state index in [1.165, 1.54) is 50.0 Å². The summed E-state index contributed by atoms with van der Waals surface area (Å²) in [4.78, 5) is 4.17. The van der Waals surface area contributed by atoms with E-state index in [-0.39, 0.29) is 0 Å². The summed E-state index contributed by atoms with van der Waals surface area (Å²) in [7, 11) is 0. The second-order valence-electron chi connectivity index (χ2n) is 5.01. The molecule has 1 fully saturated rings. The third-order valence-corrected chi connectivity index (χ3v) is 6.82. The van der Waals surface area contributed by atoms with E-state index in [9.17, 15) is 0 Å². The highest BCUT2D eigenvalue weighted by Crippen LogP contribution is 2.47. The molecule has 1 aliphatic rings. The molecule has 1 saturated heterocycles. The summed E-state index contributed by atoms with van der Waals surface area (Å²) in [5.41, 5.74) is 0. The average molecular weight is 284 g/mol. The molecule has 0 saturated carbocycles. The topological polar surface area (TPSA) is 17.8 Å². The Bertz CT molecular complexity index is 319. The van der Waals surface area contributed by atoms with E-state index in [0.29, 0.717) is 4.08 Å². The van der Waals surface area contributed by atoms with Gasteiger partial charge in [-0.2, -0.15) is 0 Å². The van der Waals surface area contributed by atoms with Crippen molar-refractivity contribution >= 4 is 23.5 Å². The van der Waals surface area contributed by atoms with Crippen molar-refractivity contribution in [1.29, 1.82) is 0 Å². The second-order valence-corrected chi connectivity index (χ2v) is 8.22. The quantitative estimate of drug-likeness (QED) is 0.690. The lowest BCUT2D eigenvalue weighted by atomic mass is 10.1. The molecule has 1 aliphatic heterocycles. The van der Waals surface area contributed by atoms with Crippen molar-refractivity contribution in [2.75, 3.05) is 11.5 Å². The fraction of sp³-hybridized carbons (Fsp3) is 0.786. The number of thioether (sulfide) groups is 2. The van der Waals surface area contributed by atoms with Crippen LogP contribution in [-0.2, 0) is 6.54 Å². The normalized spacial score (nSPS) is 18.9. The Morgan fingerprint density at radius 2 is 2.06 bits per heavy atom. The lowest BCUT2D eigenvalue weighted by Crippen LogP contribution is -2.30. The van der Waals surface area contributed by atoms with Gasteiger partial charge in [0, 0.05) is 18.9 Å². The van der Waals surface area contributed by atoms with Crippen molar-refractivity contribution < 1.29 is 0 Å². The van der Waals surface area contributed by atoms with Gasteiger partial charge in [0.2, 0.25) is 0 Å². The Morgan fingerprint density at radius 1 is 1.22 bits per heavy atom. The van der Waals surface area contributed by atoms with Gasteiger partial charge in [0.1, 0.15) is 0 Å². The smallest absolute Gasteiger partial charge is 0.0946 e. The molecule has 0 bridgehead atoms. The van der Waals surface area contributed by atoms with Crippen molar-refractivity contribution in [1.82, 2.24) is 9.55 Å². The summed E-state index contributed by atoms with van der Waals surface area (Å²) in [6.45, 7) is 3.40. The first-order valence-corrected chi connectivity index (χ1v) is 9.05. The molecular formula is C14H24N2S2. The fourth-order valence-corrected chi connectivity index (χ4v) is 5.81. The predicted molar refractivity (Wildman–Crippen MR) is 83.3 cm³/mol. The zero-order valence-corrected chi connectivity index (χ0v) is 12.9. The van der Waals surface area contributed by atoms with E-state index in [1.807, 2.05) is 12.5 Å². The van der Waals surface area contributed by atoms with Crippen molar-refractivity contribution in [3.05, 3.63) is 18.7 Å². The van der Waals surface area contributed by atoms with Gasteiger partial charge in [-0.1, -0.05) is 32.6 Å². The summed E-state index contributed by atoms with van der Waals surface area (Å²) in [5, 5.41) is 0. The van der Waals surface area contributed by atoms with E-state index < -0.39 is 0 Å². The molecule has 0 radical (unpaired) electrons. The van der Waals surface area contributed by atoms with Crippen LogP contribution >= 0.6 is 23.5 Å². The number of hydrogen-bond acceptors (Lipinski definition) is 3. The third kappa shape index (κ3) is 4.23. The second kappa shape index (κ2) is 7.49. The molecule has 1 aromatic heterocycles. The molecule has 0 unspecified atom stereocenters. The van der Waals surface area contributed by atoms with Gasteiger partial charge in [0.25, 0.3) is 0 Å². The van der Waals surface area contributed by atoms with Gasteiger partial charge in [-0.25, -0.2) is 4.98 Å². The van der Waals surface area contributed by atoms with Crippen LogP contribution in [0, 0.1) is 0 Å². The molecule has 0 atom stereocenters. The Morgan fingerprint density at radius 3 is 2.72 bits per heavy atom. The van der Waals surface area contributed by atoms with Crippen molar-refractivity contribution in [2.45, 2.75) is 56.1 Å². The van der Waals surface area contributed by atoms with Crippen LogP contribution in [-0.4, -0.2) is 25.1 Å². The van der Waals surface area contributed by atoms with E-state index in [2.05, 4.69) is 46.2 Å². The van der Waals surface area contributed by atoms with Crippen molar-refractivity contribution in [3.8, 4) is 0 Å². The average Bonchev–Trinajstić information content (AvgIpc) is 2.89. The largest absolute Gasteiger partial charge is 0.335 e. The van der Waals surface area contributed by atoms with E-state index in [1.54, 1.807) is 0 Å². The molecule has 1 aromatic rings. The zero-order valence-electron chi connectivity index (χ0n) is 11.3. The maximum absolute atomic E-state index is 4.17. The minimum atomic E-state index is 0.409. The van der Waals surface area contributed by atoms with Gasteiger partial charge in [-0.3, -0.25) is 0 Å². The van der Waals surface area contributed by atoms with Crippen LogP contribution in [0.5, 0.6) is 0 Å². The Kier molecular flexibility index (Phi) is 5.96. The molecule has 2 nitrogen and oxygen atoms in total. The number of unbranched alkanes of at least 4 members (excludes halogenated alkanes) is 3. The van der Waals surface area contributed by atoms with Crippen LogP contribution in [0.2, 0.25) is 0 Å². The van der Waals surface area contributed by atoms with Crippen LogP contribution in [0.3, 0.4) is 0 Å². The number of nitrogens with zero attached hydrogens (tertiary/aromatic N) is 2. The molecule has 2 rings (SSSR count). The monoisotopic (exact) mass is 284 g/mol. The molecule has 4 heteroatoms. The Balaban J connectivity index is 1.89. The van der Waals surface area contributed by atoms with E-state index >= 15 is 0 Å². The van der Waals surface area contributed by atoms with Crippen LogP contribution in [0.1, 0.15) is 45.4 Å². The highest BCUT2D eigenvalue weighted by Gasteiger charge is 2.33. The van der Waals surface area contributed by atoms with Gasteiger partial charge in [-0.05, 0) is 24.3 Å². The summed E-state index contributed by atoms with van der Waals surface area (Å²) in [6.07, 6.45) is 14.2. The molecule has 102 valence electrons. The minimum absolute atomic E-state index is 0.409. The first-order chi connectivity index (χ1) is 8.85. The first-order valence-electron chi connectivity index (χ1n) is 7.08. The number of rotatable bonds is 7. The molecule has 2 heterocycles. The van der Waals surface area contributed by atoms with Gasteiger partial charge >= 0.3 is 0 Å². The maximum Gasteiger partial charge on any atom is 0.0946 e. The van der Waals surface area contributed by atoms with Crippen molar-refractivity contribution in [2.24, 2.45) is 0 Å². The van der Waals surface area contributed by atoms with Crippen LogP contribution in [0.4, 0.5) is 0 Å². The summed E-state index contributed by atoms with van der Waals surface area (Å²) < 4.78 is 2.66. The van der Waals surface area contributed by atoms with Gasteiger partial charge in [0.15, 0.2) is 0 Å². The number of imidazole rings is 1. The molecule has 0 spiro atoms. The lowest BCUT2D eigenvalue weighted by Gasteiger charge is -2.36. The number of aromatic nitrogens is 2. The summed E-state index contributed by atoms with van der Waals surface area (Å²) >= 11 is 4.36. The highest BCUT2D eigenvalue weighted by molar-refractivity contribution is 8.18. The van der Waals surface area contributed by atoms with Gasteiger partial charge in [0.05, 0.1) is 10.4 Å². The standard InChI is InChI=1S/C14H24N2S2/c1-2-3-4-5-7-14(17-10-6-11-18-14)12-16-9-8-15-13-16/h8-9,13H,2-7,10-12H2,1H3. The number of hydrogen-bond donors (Lipinski definition) is 0. The van der Waals surface area contributed by atoms with E-state index in [4.69, 9.17) is 0 Å². The Labute approximate surface area is 119 Å². The lowest BCUT2D eigenvalue weighted by molar-refractivity contribution is 0.541. The zero-order chi connectivity index (χ0) is 12.7. The summed E-state index contributed by atoms with van der Waals surface area (Å²) in [6, 6.07) is 0. The van der Waals surface area contributed by atoms with Gasteiger partial charge in [-0.15, -0.1) is 23.5 Å². The molecular weight excluding hydrogens is 260 g/mol. The molecule has 18 heavy (non-hydrogen) atoms.